The van der Waals surface area contributed by atoms with Gasteiger partial charge in [0.05, 0.1) is 18.0 Å². The number of aliphatic imine (C=N–C) groups is 2. The molecule has 0 radical (unpaired) electrons. The van der Waals surface area contributed by atoms with E-state index in [1.54, 1.807) is 6.20 Å². The molecule has 1 saturated carbocycles. The van der Waals surface area contributed by atoms with E-state index in [0.717, 1.165) is 58.3 Å². The summed E-state index contributed by atoms with van der Waals surface area (Å²) in [5.74, 6) is 1.67. The lowest BCUT2D eigenvalue weighted by molar-refractivity contribution is -0.690. The van der Waals surface area contributed by atoms with Crippen LogP contribution in [0.4, 0.5) is 0 Å². The van der Waals surface area contributed by atoms with E-state index in [2.05, 4.69) is 17.1 Å². The summed E-state index contributed by atoms with van der Waals surface area (Å²) in [5.41, 5.74) is 2.99. The normalized spacial score (nSPS) is 21.1. The Balaban J connectivity index is 0.00000205. The van der Waals surface area contributed by atoms with Crippen molar-refractivity contribution in [1.29, 1.82) is 0 Å². The van der Waals surface area contributed by atoms with E-state index in [1.165, 1.54) is 0 Å². The zero-order valence-electron chi connectivity index (χ0n) is 15.9. The number of fused-ring (bicyclic) bond motifs is 1. The minimum atomic E-state index is -0.818. The van der Waals surface area contributed by atoms with Crippen LogP contribution in [0.1, 0.15) is 30.4 Å². The molecular weight excluding hydrogens is 386 g/mol. The van der Waals surface area contributed by atoms with Gasteiger partial charge in [-0.25, -0.2) is 4.90 Å². The molecule has 1 unspecified atom stereocenters. The summed E-state index contributed by atoms with van der Waals surface area (Å²) in [6.07, 6.45) is 8.11. The maximum absolute atomic E-state index is 10.9. The first kappa shape index (κ1) is 19.6. The summed E-state index contributed by atoms with van der Waals surface area (Å²) in [4.78, 5) is 10.1. The van der Waals surface area contributed by atoms with E-state index in [1.807, 2.05) is 54.9 Å². The van der Waals surface area contributed by atoms with Gasteiger partial charge in [0, 0.05) is 0 Å². The molecule has 2 aromatic carbocycles. The summed E-state index contributed by atoms with van der Waals surface area (Å²) in [6, 6.07) is 18.1. The zero-order chi connectivity index (χ0) is 19.0. The lowest BCUT2D eigenvalue weighted by atomic mass is 9.77. The second kappa shape index (κ2) is 7.95. The molecule has 148 valence electrons. The number of halogens is 1. The Hall–Kier alpha value is -2.73. The van der Waals surface area contributed by atoms with Crippen LogP contribution in [0, 0.1) is 0 Å². The Morgan fingerprint density at radius 1 is 1.07 bits per heavy atom. The molecule has 0 bridgehead atoms. The fraction of sp³-hybridized carbons (Fsp3) is 0.217. The average molecular weight is 408 g/mol. The molecule has 0 spiro atoms. The van der Waals surface area contributed by atoms with Crippen LogP contribution in [-0.2, 0) is 6.61 Å². The number of aliphatic hydroxyl groups is 1. The summed E-state index contributed by atoms with van der Waals surface area (Å²) >= 11 is 0. The summed E-state index contributed by atoms with van der Waals surface area (Å²) < 4.78 is 5.98. The molecule has 0 saturated heterocycles. The van der Waals surface area contributed by atoms with Gasteiger partial charge >= 0.3 is 0 Å². The van der Waals surface area contributed by atoms with Gasteiger partial charge in [-0.3, -0.25) is 4.99 Å². The molecule has 2 heterocycles. The van der Waals surface area contributed by atoms with E-state index in [-0.39, 0.29) is 12.4 Å². The molecule has 1 aliphatic carbocycles. The molecule has 2 N–H and O–H groups in total. The van der Waals surface area contributed by atoms with Crippen LogP contribution in [0.2, 0.25) is 0 Å². The van der Waals surface area contributed by atoms with Crippen LogP contribution >= 0.6 is 0 Å². The van der Waals surface area contributed by atoms with Crippen LogP contribution in [0.5, 0.6) is 5.75 Å². The van der Waals surface area contributed by atoms with E-state index in [0.29, 0.717) is 6.61 Å². The molecular formula is C23H22ClN3O2. The number of amidine groups is 1. The van der Waals surface area contributed by atoms with Gasteiger partial charge in [-0.05, 0) is 43.0 Å². The largest absolute Gasteiger partial charge is 1.00 e. The van der Waals surface area contributed by atoms with Crippen LogP contribution in [-0.4, -0.2) is 22.8 Å². The van der Waals surface area contributed by atoms with Gasteiger partial charge in [0.1, 0.15) is 29.9 Å². The first-order valence-corrected chi connectivity index (χ1v) is 9.63. The molecule has 6 heteroatoms. The van der Waals surface area contributed by atoms with Crippen molar-refractivity contribution < 1.29 is 27.2 Å². The number of rotatable bonds is 5. The van der Waals surface area contributed by atoms with Crippen molar-refractivity contribution in [3.8, 4) is 5.75 Å². The third kappa shape index (κ3) is 3.65. The molecule has 29 heavy (non-hydrogen) atoms. The number of benzene rings is 2. The number of nitrogens with one attached hydrogen (secondary N) is 1. The van der Waals surface area contributed by atoms with Crippen molar-refractivity contribution in [2.24, 2.45) is 9.98 Å². The molecule has 0 amide bonds. The number of allylic oxidation sites excluding steroid dienone is 1. The van der Waals surface area contributed by atoms with Crippen molar-refractivity contribution in [3.63, 3.8) is 0 Å². The number of nitrogens with zero attached hydrogens (tertiary/aromatic N) is 2. The topological polar surface area (TPSA) is 58.6 Å². The number of quaternary nitrogens is 1. The van der Waals surface area contributed by atoms with Gasteiger partial charge in [0.15, 0.2) is 5.70 Å². The monoisotopic (exact) mass is 407 g/mol. The molecule has 0 aromatic heterocycles. The smallest absolute Gasteiger partial charge is 0.243 e. The summed E-state index contributed by atoms with van der Waals surface area (Å²) in [5, 5.41) is 10.9. The Labute approximate surface area is 176 Å². The zero-order valence-corrected chi connectivity index (χ0v) is 16.6. The van der Waals surface area contributed by atoms with Gasteiger partial charge in [0.25, 0.3) is 0 Å². The van der Waals surface area contributed by atoms with Crippen LogP contribution < -0.4 is 22.0 Å². The van der Waals surface area contributed by atoms with Gasteiger partial charge in [-0.2, -0.15) is 4.99 Å². The molecule has 1 atom stereocenters. The molecule has 3 aliphatic rings. The SMILES string of the molecule is OC1(C2=C3C=NC=C[NH+]3C(c3cccc(OCc4ccccc4)c3)=N2)CCC1.[Cl-]. The quantitative estimate of drug-likeness (QED) is 0.708. The van der Waals surface area contributed by atoms with Crippen molar-refractivity contribution >= 4 is 12.1 Å². The minimum absolute atomic E-state index is 0. The highest BCUT2D eigenvalue weighted by Crippen LogP contribution is 2.40. The second-order valence-corrected chi connectivity index (χ2v) is 7.42. The minimum Gasteiger partial charge on any atom is -1.00 e. The van der Waals surface area contributed by atoms with Crippen molar-refractivity contribution in [2.45, 2.75) is 31.5 Å². The Morgan fingerprint density at radius 2 is 1.90 bits per heavy atom. The van der Waals surface area contributed by atoms with Crippen molar-refractivity contribution in [3.05, 3.63) is 89.5 Å². The fourth-order valence-corrected chi connectivity index (χ4v) is 3.82. The maximum Gasteiger partial charge on any atom is 0.243 e. The average Bonchev–Trinajstić information content (AvgIpc) is 3.12. The molecule has 5 nitrogen and oxygen atoms in total. The van der Waals surface area contributed by atoms with E-state index in [4.69, 9.17) is 9.73 Å². The molecule has 2 aromatic rings. The summed E-state index contributed by atoms with van der Waals surface area (Å²) in [6.45, 7) is 0.522. The number of ether oxygens (including phenoxy) is 1. The van der Waals surface area contributed by atoms with Gasteiger partial charge in [-0.1, -0.05) is 36.4 Å². The highest BCUT2D eigenvalue weighted by molar-refractivity contribution is 5.99. The van der Waals surface area contributed by atoms with E-state index >= 15 is 0 Å². The maximum atomic E-state index is 10.9. The Bertz CT molecular complexity index is 1020. The highest BCUT2D eigenvalue weighted by atomic mass is 35.5. The molecule has 1 fully saturated rings. The van der Waals surface area contributed by atoms with Gasteiger partial charge in [-0.15, -0.1) is 0 Å². The number of hydrogen-bond donors (Lipinski definition) is 2. The lowest BCUT2D eigenvalue weighted by Gasteiger charge is -2.35. The van der Waals surface area contributed by atoms with Crippen LogP contribution in [0.15, 0.2) is 88.4 Å². The lowest BCUT2D eigenvalue weighted by Crippen LogP contribution is -3.08. The first-order valence-electron chi connectivity index (χ1n) is 9.63. The standard InChI is InChI=1S/C23H21N3O2.ClH/c27-23(10-5-11-23)21-20-15-24-12-13-26(20)22(25-21)18-8-4-9-19(14-18)28-16-17-6-2-1-3-7-17;/h1-4,6-9,12-15,27H,5,10-11,16H2;1H. The Kier molecular flexibility index (Phi) is 5.37. The van der Waals surface area contributed by atoms with Crippen molar-refractivity contribution in [1.82, 2.24) is 0 Å². The first-order chi connectivity index (χ1) is 13.7. The predicted molar refractivity (Wildman–Crippen MR) is 108 cm³/mol. The van der Waals surface area contributed by atoms with E-state index < -0.39 is 5.60 Å². The highest BCUT2D eigenvalue weighted by Gasteiger charge is 2.47. The van der Waals surface area contributed by atoms with Crippen LogP contribution in [0.25, 0.3) is 0 Å². The van der Waals surface area contributed by atoms with Gasteiger partial charge in [0.2, 0.25) is 5.84 Å². The molecule has 5 rings (SSSR count). The van der Waals surface area contributed by atoms with E-state index in [9.17, 15) is 5.11 Å². The second-order valence-electron chi connectivity index (χ2n) is 7.42. The van der Waals surface area contributed by atoms with Crippen LogP contribution in [0.3, 0.4) is 0 Å². The van der Waals surface area contributed by atoms with Gasteiger partial charge < -0.3 is 22.3 Å². The number of hydrogen-bond acceptors (Lipinski definition) is 4. The predicted octanol–water partition coefficient (Wildman–Crippen LogP) is -0.403. The summed E-state index contributed by atoms with van der Waals surface area (Å²) in [7, 11) is 0. The third-order valence-electron chi connectivity index (χ3n) is 5.53. The Morgan fingerprint density at radius 3 is 2.66 bits per heavy atom. The fourth-order valence-electron chi connectivity index (χ4n) is 3.82. The van der Waals surface area contributed by atoms with Crippen molar-refractivity contribution in [2.75, 3.05) is 0 Å². The molecule has 2 aliphatic heterocycles. The third-order valence-corrected chi connectivity index (χ3v) is 5.53.